The van der Waals surface area contributed by atoms with Gasteiger partial charge in [-0.1, -0.05) is 18.5 Å². The lowest BCUT2D eigenvalue weighted by Gasteiger charge is -2.37. The van der Waals surface area contributed by atoms with E-state index >= 15 is 0 Å². The second-order valence-corrected chi connectivity index (χ2v) is 5.50. The summed E-state index contributed by atoms with van der Waals surface area (Å²) >= 11 is 5.76. The predicted octanol–water partition coefficient (Wildman–Crippen LogP) is 2.73. The van der Waals surface area contributed by atoms with Gasteiger partial charge >= 0.3 is 0 Å². The molecular formula is C13H23ClN2. The number of halogens is 1. The van der Waals surface area contributed by atoms with Crippen LogP contribution in [0.1, 0.15) is 39.5 Å². The maximum absolute atomic E-state index is 5.76. The third-order valence-corrected chi connectivity index (χ3v) is 4.38. The Bertz CT molecular complexity index is 253. The summed E-state index contributed by atoms with van der Waals surface area (Å²) in [7, 11) is 0. The second kappa shape index (κ2) is 5.52. The Balaban J connectivity index is 1.94. The van der Waals surface area contributed by atoms with Gasteiger partial charge in [-0.3, -0.25) is 4.90 Å². The summed E-state index contributed by atoms with van der Waals surface area (Å²) in [6.07, 6.45) is 5.39. The number of nitrogens with one attached hydrogen (secondary N) is 1. The van der Waals surface area contributed by atoms with Crippen LogP contribution in [0.25, 0.3) is 0 Å². The largest absolute Gasteiger partial charge is 0.311 e. The molecule has 2 aliphatic heterocycles. The predicted molar refractivity (Wildman–Crippen MR) is 69.8 cm³/mol. The molecule has 92 valence electrons. The second-order valence-electron chi connectivity index (χ2n) is 5.28. The fraction of sp³-hybridized carbons (Fsp3) is 0.846. The van der Waals surface area contributed by atoms with Crippen molar-refractivity contribution in [2.45, 2.75) is 57.7 Å². The van der Waals surface area contributed by atoms with E-state index in [0.717, 1.165) is 31.2 Å². The maximum atomic E-state index is 5.76. The smallest absolute Gasteiger partial charge is 0.0204 e. The molecule has 2 fully saturated rings. The van der Waals surface area contributed by atoms with E-state index in [0.29, 0.717) is 0 Å². The molecule has 2 rings (SSSR count). The highest BCUT2D eigenvalue weighted by molar-refractivity contribution is 6.25. The van der Waals surface area contributed by atoms with Crippen LogP contribution in [0, 0.1) is 0 Å². The van der Waals surface area contributed by atoms with E-state index in [1.807, 2.05) is 0 Å². The first kappa shape index (κ1) is 12.4. The lowest BCUT2D eigenvalue weighted by molar-refractivity contribution is 0.159. The number of rotatable bonds is 4. The fourth-order valence-corrected chi connectivity index (χ4v) is 3.25. The summed E-state index contributed by atoms with van der Waals surface area (Å²) in [5.74, 6) is 0. The van der Waals surface area contributed by atoms with Gasteiger partial charge in [-0.15, -0.1) is 0 Å². The molecule has 2 heterocycles. The van der Waals surface area contributed by atoms with Gasteiger partial charge in [0.05, 0.1) is 0 Å². The van der Waals surface area contributed by atoms with Crippen molar-refractivity contribution < 1.29 is 0 Å². The molecule has 1 N–H and O–H groups in total. The molecule has 2 atom stereocenters. The molecule has 0 aliphatic carbocycles. The van der Waals surface area contributed by atoms with Gasteiger partial charge in [0.2, 0.25) is 0 Å². The first-order valence-electron chi connectivity index (χ1n) is 6.49. The Morgan fingerprint density at radius 1 is 1.38 bits per heavy atom. The van der Waals surface area contributed by atoms with Gasteiger partial charge in [0.25, 0.3) is 0 Å². The summed E-state index contributed by atoms with van der Waals surface area (Å²) in [5, 5.41) is 3.70. The highest BCUT2D eigenvalue weighted by Gasteiger charge is 2.35. The molecule has 3 heteroatoms. The van der Waals surface area contributed by atoms with Crippen molar-refractivity contribution in [3.05, 3.63) is 11.1 Å². The van der Waals surface area contributed by atoms with Crippen LogP contribution in [0.15, 0.2) is 11.1 Å². The lowest BCUT2D eigenvalue weighted by atomic mass is 9.98. The minimum atomic E-state index is 0.760. The molecular weight excluding hydrogens is 220 g/mol. The number of nitrogens with zero attached hydrogens (tertiary/aromatic N) is 1. The van der Waals surface area contributed by atoms with E-state index in [-0.39, 0.29) is 0 Å². The minimum absolute atomic E-state index is 0.760. The number of fused-ring (bicyclic) bond motifs is 2. The highest BCUT2D eigenvalue weighted by atomic mass is 35.5. The summed E-state index contributed by atoms with van der Waals surface area (Å²) < 4.78 is 0. The Hall–Kier alpha value is -0.0500. The zero-order chi connectivity index (χ0) is 11.5. The van der Waals surface area contributed by atoms with Crippen LogP contribution in [0.5, 0.6) is 0 Å². The average molecular weight is 243 g/mol. The standard InChI is InChI=1S/C13H23ClN2/c1-3-16(9-10(2)8-14)13-6-11-4-5-12(7-13)15-11/h8,11-13,15H,3-7,9H2,1-2H3. The van der Waals surface area contributed by atoms with Crippen LogP contribution in [-0.4, -0.2) is 36.1 Å². The van der Waals surface area contributed by atoms with Gasteiger partial charge in [-0.2, -0.15) is 0 Å². The summed E-state index contributed by atoms with van der Waals surface area (Å²) in [6.45, 7) is 6.53. The van der Waals surface area contributed by atoms with E-state index < -0.39 is 0 Å². The zero-order valence-electron chi connectivity index (χ0n) is 10.4. The molecule has 2 unspecified atom stereocenters. The molecule has 0 radical (unpaired) electrons. The molecule has 2 aliphatic rings. The SMILES string of the molecule is CCN(CC(C)=CCl)C1CC2CCC(C1)N2. The van der Waals surface area contributed by atoms with Gasteiger partial charge in [0, 0.05) is 30.2 Å². The van der Waals surface area contributed by atoms with Crippen molar-refractivity contribution in [3.8, 4) is 0 Å². The van der Waals surface area contributed by atoms with Crippen LogP contribution in [0.3, 0.4) is 0 Å². The van der Waals surface area contributed by atoms with Crippen LogP contribution >= 0.6 is 11.6 Å². The molecule has 0 aromatic carbocycles. The Morgan fingerprint density at radius 2 is 2.00 bits per heavy atom. The molecule has 0 amide bonds. The lowest BCUT2D eigenvalue weighted by Crippen LogP contribution is -2.48. The topological polar surface area (TPSA) is 15.3 Å². The molecule has 16 heavy (non-hydrogen) atoms. The van der Waals surface area contributed by atoms with Crippen LogP contribution in [-0.2, 0) is 0 Å². The van der Waals surface area contributed by atoms with Crippen molar-refractivity contribution in [1.29, 1.82) is 0 Å². The first-order valence-corrected chi connectivity index (χ1v) is 6.92. The number of hydrogen-bond donors (Lipinski definition) is 1. The quantitative estimate of drug-likeness (QED) is 0.816. The Kier molecular flexibility index (Phi) is 4.28. The van der Waals surface area contributed by atoms with Crippen molar-refractivity contribution in [2.24, 2.45) is 0 Å². The molecule has 0 saturated carbocycles. The number of piperidine rings is 1. The highest BCUT2D eigenvalue weighted by Crippen LogP contribution is 2.29. The maximum Gasteiger partial charge on any atom is 0.0204 e. The Morgan fingerprint density at radius 3 is 2.50 bits per heavy atom. The third-order valence-electron chi connectivity index (χ3n) is 4.01. The molecule has 0 aromatic heterocycles. The molecule has 2 nitrogen and oxygen atoms in total. The van der Waals surface area contributed by atoms with E-state index in [9.17, 15) is 0 Å². The van der Waals surface area contributed by atoms with Gasteiger partial charge in [0.1, 0.15) is 0 Å². The average Bonchev–Trinajstić information content (AvgIpc) is 2.64. The molecule has 2 saturated heterocycles. The summed E-state index contributed by atoms with van der Waals surface area (Å²) in [4.78, 5) is 2.58. The summed E-state index contributed by atoms with van der Waals surface area (Å²) in [6, 6.07) is 2.31. The van der Waals surface area contributed by atoms with Crippen molar-refractivity contribution >= 4 is 11.6 Å². The van der Waals surface area contributed by atoms with E-state index in [1.54, 1.807) is 5.54 Å². The van der Waals surface area contributed by atoms with Crippen molar-refractivity contribution in [3.63, 3.8) is 0 Å². The van der Waals surface area contributed by atoms with Crippen molar-refractivity contribution in [2.75, 3.05) is 13.1 Å². The number of hydrogen-bond acceptors (Lipinski definition) is 2. The fourth-order valence-electron chi connectivity index (χ4n) is 3.18. The number of likely N-dealkylation sites (N-methyl/N-ethyl adjacent to an activating group) is 1. The first-order chi connectivity index (χ1) is 7.72. The Labute approximate surface area is 104 Å². The normalized spacial score (nSPS) is 34.8. The van der Waals surface area contributed by atoms with Gasteiger partial charge < -0.3 is 5.32 Å². The van der Waals surface area contributed by atoms with Crippen LogP contribution in [0.2, 0.25) is 0 Å². The molecule has 0 aromatic rings. The van der Waals surface area contributed by atoms with Crippen molar-refractivity contribution in [1.82, 2.24) is 10.2 Å². The van der Waals surface area contributed by atoms with E-state index in [2.05, 4.69) is 24.1 Å². The minimum Gasteiger partial charge on any atom is -0.311 e. The van der Waals surface area contributed by atoms with Gasteiger partial charge in [-0.05, 0) is 44.7 Å². The van der Waals surface area contributed by atoms with E-state index in [1.165, 1.54) is 31.3 Å². The summed E-state index contributed by atoms with van der Waals surface area (Å²) in [5.41, 5.74) is 2.99. The third kappa shape index (κ3) is 2.79. The molecule has 2 bridgehead atoms. The van der Waals surface area contributed by atoms with Gasteiger partial charge in [0.15, 0.2) is 0 Å². The monoisotopic (exact) mass is 242 g/mol. The van der Waals surface area contributed by atoms with Crippen LogP contribution in [0.4, 0.5) is 0 Å². The van der Waals surface area contributed by atoms with E-state index in [4.69, 9.17) is 11.6 Å². The van der Waals surface area contributed by atoms with Gasteiger partial charge in [-0.25, -0.2) is 0 Å². The van der Waals surface area contributed by atoms with Crippen LogP contribution < -0.4 is 5.32 Å². The zero-order valence-corrected chi connectivity index (χ0v) is 11.1. The molecule has 0 spiro atoms.